The van der Waals surface area contributed by atoms with Gasteiger partial charge < -0.3 is 11.1 Å². The van der Waals surface area contributed by atoms with Gasteiger partial charge in [0.2, 0.25) is 5.91 Å². The maximum Gasteiger partial charge on any atom is 0.416 e. The van der Waals surface area contributed by atoms with E-state index in [-0.39, 0.29) is 24.2 Å². The molecule has 0 fully saturated rings. The molecule has 3 nitrogen and oxygen atoms in total. The molecule has 1 aromatic rings. The zero-order valence-corrected chi connectivity index (χ0v) is 14.1. The summed E-state index contributed by atoms with van der Waals surface area (Å²) in [5, 5.41) is 2.73. The Morgan fingerprint density at radius 2 is 1.96 bits per heavy atom. The van der Waals surface area contributed by atoms with Crippen LogP contribution in [0.5, 0.6) is 0 Å². The highest BCUT2D eigenvalue weighted by molar-refractivity contribution is 5.85. The zero-order valence-electron chi connectivity index (χ0n) is 13.3. The molecular weight excluding hydrogens is 329 g/mol. The zero-order chi connectivity index (χ0) is 16.8. The molecule has 0 spiro atoms. The fourth-order valence-electron chi connectivity index (χ4n) is 2.17. The normalized spacial score (nSPS) is 13.8. The molecule has 0 saturated heterocycles. The largest absolute Gasteiger partial charge is 0.416 e. The summed E-state index contributed by atoms with van der Waals surface area (Å²) in [6.45, 7) is 4.18. The number of hydrogen-bond donors (Lipinski definition) is 2. The molecule has 132 valence electrons. The average Bonchev–Trinajstić information content (AvgIpc) is 2.46. The van der Waals surface area contributed by atoms with Crippen LogP contribution in [0.1, 0.15) is 50.2 Å². The van der Waals surface area contributed by atoms with Gasteiger partial charge in [-0.1, -0.05) is 38.5 Å². The van der Waals surface area contributed by atoms with Gasteiger partial charge in [-0.05, 0) is 30.4 Å². The number of hydrogen-bond acceptors (Lipinski definition) is 2. The summed E-state index contributed by atoms with van der Waals surface area (Å²) in [6, 6.07) is 4.78. The molecule has 0 radical (unpaired) electrons. The molecule has 23 heavy (non-hydrogen) atoms. The molecule has 2 atom stereocenters. The number of nitrogens with one attached hydrogen (secondary N) is 1. The van der Waals surface area contributed by atoms with Crippen molar-refractivity contribution in [3.05, 3.63) is 35.4 Å². The van der Waals surface area contributed by atoms with Crippen molar-refractivity contribution in [2.24, 2.45) is 5.73 Å². The highest BCUT2D eigenvalue weighted by atomic mass is 35.5. The van der Waals surface area contributed by atoms with Crippen LogP contribution >= 0.6 is 12.4 Å². The molecule has 7 heteroatoms. The first kappa shape index (κ1) is 21.7. The lowest BCUT2D eigenvalue weighted by Gasteiger charge is -2.16. The Bertz CT molecular complexity index is 494. The van der Waals surface area contributed by atoms with Gasteiger partial charge in [0.05, 0.1) is 11.6 Å². The summed E-state index contributed by atoms with van der Waals surface area (Å²) in [7, 11) is 0. The van der Waals surface area contributed by atoms with E-state index in [1.165, 1.54) is 6.07 Å². The summed E-state index contributed by atoms with van der Waals surface area (Å²) in [6.07, 6.45) is -2.33. The lowest BCUT2D eigenvalue weighted by atomic mass is 9.96. The molecule has 0 heterocycles. The van der Waals surface area contributed by atoms with Crippen LogP contribution in [0.3, 0.4) is 0 Å². The van der Waals surface area contributed by atoms with Crippen LogP contribution in [0.15, 0.2) is 24.3 Å². The fourth-order valence-corrected chi connectivity index (χ4v) is 2.17. The Morgan fingerprint density at radius 3 is 2.52 bits per heavy atom. The third kappa shape index (κ3) is 7.22. The van der Waals surface area contributed by atoms with Crippen LogP contribution in [-0.2, 0) is 11.0 Å². The van der Waals surface area contributed by atoms with Gasteiger partial charge in [-0.3, -0.25) is 4.79 Å². The van der Waals surface area contributed by atoms with E-state index in [0.717, 1.165) is 18.6 Å². The third-order valence-electron chi connectivity index (χ3n) is 3.60. The van der Waals surface area contributed by atoms with Crippen LogP contribution in [0, 0.1) is 0 Å². The molecule has 1 rings (SSSR count). The van der Waals surface area contributed by atoms with Gasteiger partial charge in [0.1, 0.15) is 0 Å². The molecule has 0 saturated carbocycles. The van der Waals surface area contributed by atoms with Gasteiger partial charge in [-0.15, -0.1) is 12.4 Å². The second-order valence-corrected chi connectivity index (χ2v) is 5.50. The minimum absolute atomic E-state index is 0. The quantitative estimate of drug-likeness (QED) is 0.782. The average molecular weight is 353 g/mol. The Balaban J connectivity index is 0.00000484. The maximum atomic E-state index is 12.7. The highest BCUT2D eigenvalue weighted by Gasteiger charge is 2.30. The van der Waals surface area contributed by atoms with Crippen molar-refractivity contribution in [1.82, 2.24) is 5.32 Å². The predicted octanol–water partition coefficient (Wildman–Crippen LogP) is 3.86. The van der Waals surface area contributed by atoms with Crippen LogP contribution < -0.4 is 11.1 Å². The SMILES string of the molecule is CCCC(N)C(=O)NCCC(C)c1cccc(C(F)(F)F)c1.Cl. The van der Waals surface area contributed by atoms with Crippen LogP contribution in [-0.4, -0.2) is 18.5 Å². The van der Waals surface area contributed by atoms with Crippen molar-refractivity contribution in [2.75, 3.05) is 6.54 Å². The second kappa shape index (κ2) is 9.78. The lowest BCUT2D eigenvalue weighted by Crippen LogP contribution is -2.41. The number of halogens is 4. The Morgan fingerprint density at radius 1 is 1.30 bits per heavy atom. The number of rotatable bonds is 7. The van der Waals surface area contributed by atoms with Gasteiger partial charge in [0.15, 0.2) is 0 Å². The Labute approximate surface area is 141 Å². The second-order valence-electron chi connectivity index (χ2n) is 5.50. The third-order valence-corrected chi connectivity index (χ3v) is 3.60. The minimum Gasteiger partial charge on any atom is -0.355 e. The number of alkyl halides is 3. The maximum absolute atomic E-state index is 12.7. The van der Waals surface area contributed by atoms with Gasteiger partial charge in [0.25, 0.3) is 0 Å². The Kier molecular flexibility index (Phi) is 9.24. The van der Waals surface area contributed by atoms with Crippen LogP contribution in [0.2, 0.25) is 0 Å². The molecule has 0 aliphatic rings. The number of amides is 1. The van der Waals surface area contributed by atoms with Crippen molar-refractivity contribution in [2.45, 2.75) is 51.2 Å². The van der Waals surface area contributed by atoms with Gasteiger partial charge in [0, 0.05) is 6.54 Å². The van der Waals surface area contributed by atoms with E-state index in [1.807, 2.05) is 13.8 Å². The van der Waals surface area contributed by atoms with Gasteiger partial charge in [-0.25, -0.2) is 0 Å². The van der Waals surface area contributed by atoms with Gasteiger partial charge >= 0.3 is 6.18 Å². The highest BCUT2D eigenvalue weighted by Crippen LogP contribution is 2.31. The Hall–Kier alpha value is -1.27. The van der Waals surface area contributed by atoms with Crippen molar-refractivity contribution >= 4 is 18.3 Å². The fraction of sp³-hybridized carbons (Fsp3) is 0.562. The van der Waals surface area contributed by atoms with E-state index in [1.54, 1.807) is 6.07 Å². The molecule has 0 aliphatic heterocycles. The summed E-state index contributed by atoms with van der Waals surface area (Å²) in [5.41, 5.74) is 5.65. The number of nitrogens with two attached hydrogens (primary N) is 1. The van der Waals surface area contributed by atoms with E-state index in [0.29, 0.717) is 24.9 Å². The number of carbonyl (C=O) groups excluding carboxylic acids is 1. The summed E-state index contributed by atoms with van der Waals surface area (Å²) in [5.74, 6) is -0.289. The molecule has 1 aromatic carbocycles. The van der Waals surface area contributed by atoms with E-state index in [9.17, 15) is 18.0 Å². The molecule has 0 aliphatic carbocycles. The smallest absolute Gasteiger partial charge is 0.355 e. The number of benzene rings is 1. The summed E-state index contributed by atoms with van der Waals surface area (Å²) < 4.78 is 38.0. The first-order chi connectivity index (χ1) is 10.3. The van der Waals surface area contributed by atoms with Crippen LogP contribution in [0.25, 0.3) is 0 Å². The first-order valence-electron chi connectivity index (χ1n) is 7.46. The topological polar surface area (TPSA) is 55.1 Å². The monoisotopic (exact) mass is 352 g/mol. The van der Waals surface area contributed by atoms with E-state index in [4.69, 9.17) is 5.73 Å². The molecule has 3 N–H and O–H groups in total. The van der Waals surface area contributed by atoms with E-state index < -0.39 is 17.8 Å². The molecule has 0 aromatic heterocycles. The van der Waals surface area contributed by atoms with Crippen molar-refractivity contribution < 1.29 is 18.0 Å². The first-order valence-corrected chi connectivity index (χ1v) is 7.46. The van der Waals surface area contributed by atoms with Crippen LogP contribution in [0.4, 0.5) is 13.2 Å². The molecule has 0 bridgehead atoms. The van der Waals surface area contributed by atoms with Crippen molar-refractivity contribution in [3.63, 3.8) is 0 Å². The van der Waals surface area contributed by atoms with E-state index >= 15 is 0 Å². The number of carbonyl (C=O) groups is 1. The summed E-state index contributed by atoms with van der Waals surface area (Å²) >= 11 is 0. The minimum atomic E-state index is -4.34. The van der Waals surface area contributed by atoms with Crippen molar-refractivity contribution in [1.29, 1.82) is 0 Å². The lowest BCUT2D eigenvalue weighted by molar-refractivity contribution is -0.137. The molecule has 2 unspecified atom stereocenters. The molecule has 1 amide bonds. The summed E-state index contributed by atoms with van der Waals surface area (Å²) in [4.78, 5) is 11.7. The molecular formula is C16H24ClF3N2O. The van der Waals surface area contributed by atoms with Gasteiger partial charge in [-0.2, -0.15) is 13.2 Å². The standard InChI is InChI=1S/C16H23F3N2O.ClH/c1-3-5-14(20)15(22)21-9-8-11(2)12-6-4-7-13(10-12)16(17,18)19;/h4,6-7,10-11,14H,3,5,8-9,20H2,1-2H3,(H,21,22);1H. The predicted molar refractivity (Wildman–Crippen MR) is 87.6 cm³/mol. The van der Waals surface area contributed by atoms with E-state index in [2.05, 4.69) is 5.32 Å². The van der Waals surface area contributed by atoms with Crippen molar-refractivity contribution in [3.8, 4) is 0 Å².